The molecule has 2 rings (SSSR count). The van der Waals surface area contributed by atoms with Crippen molar-refractivity contribution in [1.82, 2.24) is 4.31 Å². The normalized spacial score (nSPS) is 26.1. The molecular weight excluding hydrogens is 174 g/mol. The van der Waals surface area contributed by atoms with E-state index in [2.05, 4.69) is 4.31 Å². The predicted octanol–water partition coefficient (Wildman–Crippen LogP) is 1.05. The van der Waals surface area contributed by atoms with Crippen molar-refractivity contribution in [3.63, 3.8) is 0 Å². The zero-order valence-corrected chi connectivity index (χ0v) is 8.02. The first-order valence-electron chi connectivity index (χ1n) is 4.29. The Bertz CT molecular complexity index is 199. The van der Waals surface area contributed by atoms with Crippen LogP contribution in [-0.4, -0.2) is 35.2 Å². The fraction of sp³-hybridized carbons (Fsp3) is 0.875. The molecule has 1 aliphatic carbocycles. The van der Waals surface area contributed by atoms with E-state index in [0.717, 1.165) is 25.9 Å². The lowest BCUT2D eigenvalue weighted by Crippen LogP contribution is -2.36. The first-order valence-corrected chi connectivity index (χ1v) is 5.07. The highest BCUT2D eigenvalue weighted by atomic mass is 32.2. The van der Waals surface area contributed by atoms with Crippen molar-refractivity contribution in [2.45, 2.75) is 24.0 Å². The van der Waals surface area contributed by atoms with Gasteiger partial charge in [-0.25, -0.2) is 4.31 Å². The van der Waals surface area contributed by atoms with Crippen LogP contribution in [0.4, 0.5) is 0 Å². The van der Waals surface area contributed by atoms with Gasteiger partial charge in [-0.05, 0) is 19.3 Å². The summed E-state index contributed by atoms with van der Waals surface area (Å²) in [6.07, 6.45) is 3.24. The quantitative estimate of drug-likeness (QED) is 0.488. The van der Waals surface area contributed by atoms with Gasteiger partial charge in [-0.15, -0.1) is 0 Å². The summed E-state index contributed by atoms with van der Waals surface area (Å²) in [5.41, 5.74) is 0. The van der Waals surface area contributed by atoms with E-state index in [4.69, 9.17) is 4.74 Å². The standard InChI is InChI=1S/C8H13NO2S/c1-11-7(10)8(3-4-8)12-9-5-2-6-9/h2-6H2,1H3. The van der Waals surface area contributed by atoms with Gasteiger partial charge in [0, 0.05) is 13.1 Å². The van der Waals surface area contributed by atoms with Crippen LogP contribution in [-0.2, 0) is 9.53 Å². The van der Waals surface area contributed by atoms with Crippen LogP contribution in [0.5, 0.6) is 0 Å². The lowest BCUT2D eigenvalue weighted by molar-refractivity contribution is -0.140. The Morgan fingerprint density at radius 3 is 2.50 bits per heavy atom. The molecule has 0 amide bonds. The van der Waals surface area contributed by atoms with Crippen LogP contribution >= 0.6 is 11.9 Å². The summed E-state index contributed by atoms with van der Waals surface area (Å²) in [6.45, 7) is 2.26. The average molecular weight is 187 g/mol. The Hall–Kier alpha value is -0.220. The molecule has 0 aromatic carbocycles. The number of hydrogen-bond donors (Lipinski definition) is 0. The Morgan fingerprint density at radius 2 is 2.17 bits per heavy atom. The molecule has 12 heavy (non-hydrogen) atoms. The molecule has 0 N–H and O–H groups in total. The van der Waals surface area contributed by atoms with Gasteiger partial charge in [0.1, 0.15) is 4.75 Å². The molecule has 0 atom stereocenters. The molecule has 0 aromatic rings. The van der Waals surface area contributed by atoms with Gasteiger partial charge in [0.25, 0.3) is 0 Å². The molecule has 1 heterocycles. The molecule has 1 saturated heterocycles. The molecule has 0 bridgehead atoms. The van der Waals surface area contributed by atoms with Crippen LogP contribution in [0, 0.1) is 0 Å². The zero-order valence-electron chi connectivity index (χ0n) is 7.21. The van der Waals surface area contributed by atoms with E-state index in [1.807, 2.05) is 0 Å². The highest BCUT2D eigenvalue weighted by molar-refractivity contribution is 7.99. The lowest BCUT2D eigenvalue weighted by Gasteiger charge is -2.31. The van der Waals surface area contributed by atoms with Crippen molar-refractivity contribution in [2.24, 2.45) is 0 Å². The molecule has 68 valence electrons. The third kappa shape index (κ3) is 1.33. The molecule has 1 aliphatic heterocycles. The monoisotopic (exact) mass is 187 g/mol. The summed E-state index contributed by atoms with van der Waals surface area (Å²) in [7, 11) is 1.47. The van der Waals surface area contributed by atoms with Crippen LogP contribution in [0.25, 0.3) is 0 Å². The molecule has 1 saturated carbocycles. The molecule has 0 spiro atoms. The Labute approximate surface area is 76.6 Å². The van der Waals surface area contributed by atoms with Crippen molar-refractivity contribution in [3.05, 3.63) is 0 Å². The van der Waals surface area contributed by atoms with Crippen molar-refractivity contribution in [2.75, 3.05) is 20.2 Å². The minimum atomic E-state index is -0.185. The second kappa shape index (κ2) is 2.92. The van der Waals surface area contributed by atoms with E-state index in [0.29, 0.717) is 0 Å². The second-order valence-corrected chi connectivity index (χ2v) is 4.84. The van der Waals surface area contributed by atoms with Gasteiger partial charge in [0.2, 0.25) is 0 Å². The number of ether oxygens (including phenoxy) is 1. The van der Waals surface area contributed by atoms with Gasteiger partial charge in [-0.1, -0.05) is 11.9 Å². The van der Waals surface area contributed by atoms with Crippen LogP contribution in [0.15, 0.2) is 0 Å². The molecule has 3 nitrogen and oxygen atoms in total. The summed E-state index contributed by atoms with van der Waals surface area (Å²) in [5.74, 6) is -0.0422. The highest BCUT2D eigenvalue weighted by Gasteiger charge is 2.53. The van der Waals surface area contributed by atoms with E-state index < -0.39 is 0 Å². The maximum atomic E-state index is 11.3. The van der Waals surface area contributed by atoms with Crippen molar-refractivity contribution in [1.29, 1.82) is 0 Å². The fourth-order valence-corrected chi connectivity index (χ4v) is 2.64. The second-order valence-electron chi connectivity index (χ2n) is 3.36. The number of methoxy groups -OCH3 is 1. The number of carbonyl (C=O) groups excluding carboxylic acids is 1. The van der Waals surface area contributed by atoms with E-state index in [1.54, 1.807) is 11.9 Å². The smallest absolute Gasteiger partial charge is 0.323 e. The van der Waals surface area contributed by atoms with E-state index >= 15 is 0 Å². The number of rotatable bonds is 3. The first kappa shape index (κ1) is 8.38. The van der Waals surface area contributed by atoms with E-state index in [9.17, 15) is 4.79 Å². The van der Waals surface area contributed by atoms with Crippen LogP contribution in [0.2, 0.25) is 0 Å². The average Bonchev–Trinajstić information content (AvgIpc) is 2.77. The van der Waals surface area contributed by atoms with Crippen molar-refractivity contribution >= 4 is 17.9 Å². The predicted molar refractivity (Wildman–Crippen MR) is 47.8 cm³/mol. The van der Waals surface area contributed by atoms with Gasteiger partial charge < -0.3 is 4.74 Å². The summed E-state index contributed by atoms with van der Waals surface area (Å²) >= 11 is 1.69. The van der Waals surface area contributed by atoms with Gasteiger partial charge >= 0.3 is 5.97 Å². The Kier molecular flexibility index (Phi) is 2.04. The van der Waals surface area contributed by atoms with Crippen LogP contribution in [0.1, 0.15) is 19.3 Å². The maximum Gasteiger partial charge on any atom is 0.323 e. The Balaban J connectivity index is 1.88. The third-order valence-electron chi connectivity index (χ3n) is 2.38. The van der Waals surface area contributed by atoms with E-state index in [1.165, 1.54) is 13.5 Å². The molecule has 2 aliphatic rings. The SMILES string of the molecule is COC(=O)C1(SN2CCC2)CC1. The van der Waals surface area contributed by atoms with Crippen LogP contribution in [0.3, 0.4) is 0 Å². The molecule has 0 unspecified atom stereocenters. The molecule has 4 heteroatoms. The van der Waals surface area contributed by atoms with Gasteiger partial charge in [-0.3, -0.25) is 4.79 Å². The van der Waals surface area contributed by atoms with Crippen molar-refractivity contribution < 1.29 is 9.53 Å². The minimum Gasteiger partial charge on any atom is -0.468 e. The van der Waals surface area contributed by atoms with E-state index in [-0.39, 0.29) is 10.7 Å². The largest absolute Gasteiger partial charge is 0.468 e. The first-order chi connectivity index (χ1) is 5.77. The van der Waals surface area contributed by atoms with Crippen molar-refractivity contribution in [3.8, 4) is 0 Å². The summed E-state index contributed by atoms with van der Waals surface area (Å²) in [6, 6.07) is 0. The van der Waals surface area contributed by atoms with Gasteiger partial charge in [0.15, 0.2) is 0 Å². The fourth-order valence-electron chi connectivity index (χ4n) is 1.26. The molecular formula is C8H13NO2S. The summed E-state index contributed by atoms with van der Waals surface area (Å²) < 4.78 is 6.83. The molecule has 0 radical (unpaired) electrons. The minimum absolute atomic E-state index is 0.0422. The number of carbonyl (C=O) groups is 1. The number of nitrogens with zero attached hydrogens (tertiary/aromatic N) is 1. The maximum absolute atomic E-state index is 11.3. The van der Waals surface area contributed by atoms with Crippen LogP contribution < -0.4 is 0 Å². The van der Waals surface area contributed by atoms with Gasteiger partial charge in [0.05, 0.1) is 7.11 Å². The lowest BCUT2D eigenvalue weighted by atomic mass is 10.3. The molecule has 2 fully saturated rings. The summed E-state index contributed by atoms with van der Waals surface area (Å²) in [5, 5.41) is 0. The third-order valence-corrected chi connectivity index (χ3v) is 3.93. The zero-order chi connectivity index (χ0) is 8.60. The Morgan fingerprint density at radius 1 is 1.50 bits per heavy atom. The van der Waals surface area contributed by atoms with Gasteiger partial charge in [-0.2, -0.15) is 0 Å². The summed E-state index contributed by atoms with van der Waals surface area (Å²) in [4.78, 5) is 11.3. The highest BCUT2D eigenvalue weighted by Crippen LogP contribution is 2.51. The topological polar surface area (TPSA) is 29.5 Å². The number of hydrogen-bond acceptors (Lipinski definition) is 4. The molecule has 0 aromatic heterocycles. The number of esters is 1.